The Labute approximate surface area is 106 Å². The van der Waals surface area contributed by atoms with E-state index in [0.717, 1.165) is 13.1 Å². The molecule has 0 bridgehead atoms. The molecular weight excluding hydrogens is 208 g/mol. The zero-order valence-electron chi connectivity index (χ0n) is 11.8. The summed E-state index contributed by atoms with van der Waals surface area (Å²) >= 11 is 0. The second-order valence-corrected chi connectivity index (χ2v) is 5.44. The van der Waals surface area contributed by atoms with Crippen LogP contribution in [0.25, 0.3) is 0 Å². The van der Waals surface area contributed by atoms with Gasteiger partial charge in [-0.1, -0.05) is 45.9 Å². The molecule has 0 atom stereocenters. The number of hydrogen-bond donors (Lipinski definition) is 1. The minimum Gasteiger partial charge on any atom is -0.374 e. The Bertz CT molecular complexity index is 331. The van der Waals surface area contributed by atoms with Crippen LogP contribution in [-0.4, -0.2) is 19.6 Å². The van der Waals surface area contributed by atoms with Gasteiger partial charge in [-0.15, -0.1) is 0 Å². The van der Waals surface area contributed by atoms with Gasteiger partial charge in [0.2, 0.25) is 0 Å². The number of para-hydroxylation sites is 1. The summed E-state index contributed by atoms with van der Waals surface area (Å²) < 4.78 is 0. The monoisotopic (exact) mass is 234 g/mol. The van der Waals surface area contributed by atoms with Gasteiger partial charge in [-0.3, -0.25) is 0 Å². The molecule has 1 N–H and O–H groups in total. The zero-order chi connectivity index (χ0) is 12.8. The number of nitrogens with zero attached hydrogens (tertiary/aromatic N) is 1. The highest BCUT2D eigenvalue weighted by molar-refractivity contribution is 5.53. The normalized spacial score (nSPS) is 11.2. The molecule has 0 aliphatic heterocycles. The maximum absolute atomic E-state index is 3.48. The Morgan fingerprint density at radius 1 is 1.12 bits per heavy atom. The predicted octanol–water partition coefficient (Wildman–Crippen LogP) is 3.28. The highest BCUT2D eigenvalue weighted by atomic mass is 15.1. The van der Waals surface area contributed by atoms with Crippen LogP contribution in [0.3, 0.4) is 0 Å². The molecular formula is C15H26N2. The molecule has 0 saturated carbocycles. The van der Waals surface area contributed by atoms with Gasteiger partial charge in [0.05, 0.1) is 0 Å². The molecule has 0 saturated heterocycles. The topological polar surface area (TPSA) is 15.3 Å². The Balaban J connectivity index is 2.76. The predicted molar refractivity (Wildman–Crippen MR) is 76.5 cm³/mol. The molecule has 0 spiro atoms. The molecule has 0 heterocycles. The first-order valence-corrected chi connectivity index (χ1v) is 6.53. The van der Waals surface area contributed by atoms with E-state index in [9.17, 15) is 0 Å². The molecule has 0 aliphatic carbocycles. The van der Waals surface area contributed by atoms with Crippen molar-refractivity contribution in [1.82, 2.24) is 5.32 Å². The molecule has 0 aliphatic rings. The van der Waals surface area contributed by atoms with Gasteiger partial charge < -0.3 is 10.2 Å². The van der Waals surface area contributed by atoms with Crippen molar-refractivity contribution in [3.05, 3.63) is 29.8 Å². The van der Waals surface area contributed by atoms with E-state index in [4.69, 9.17) is 0 Å². The van der Waals surface area contributed by atoms with Crippen molar-refractivity contribution in [1.29, 1.82) is 0 Å². The van der Waals surface area contributed by atoms with Crippen molar-refractivity contribution in [3.63, 3.8) is 0 Å². The molecule has 2 heteroatoms. The summed E-state index contributed by atoms with van der Waals surface area (Å²) in [5, 5.41) is 3.48. The van der Waals surface area contributed by atoms with Crippen molar-refractivity contribution in [2.24, 2.45) is 5.92 Å². The third-order valence-electron chi connectivity index (χ3n) is 2.74. The quantitative estimate of drug-likeness (QED) is 0.812. The van der Waals surface area contributed by atoms with Crippen molar-refractivity contribution < 1.29 is 0 Å². The maximum Gasteiger partial charge on any atom is 0.0409 e. The van der Waals surface area contributed by atoms with Crippen molar-refractivity contribution in [2.75, 3.05) is 18.5 Å². The standard InChI is InChI=1S/C15H26N2/c1-12(2)11-17(5)15-9-7-6-8-14(15)10-16-13(3)4/h6-9,12-13,16H,10-11H2,1-5H3. The fourth-order valence-corrected chi connectivity index (χ4v) is 1.99. The lowest BCUT2D eigenvalue weighted by Gasteiger charge is -2.24. The molecule has 0 unspecified atom stereocenters. The van der Waals surface area contributed by atoms with E-state index < -0.39 is 0 Å². The number of hydrogen-bond acceptors (Lipinski definition) is 2. The highest BCUT2D eigenvalue weighted by Gasteiger charge is 2.08. The van der Waals surface area contributed by atoms with E-state index in [1.165, 1.54) is 11.3 Å². The van der Waals surface area contributed by atoms with Gasteiger partial charge in [0.25, 0.3) is 0 Å². The molecule has 1 aromatic carbocycles. The van der Waals surface area contributed by atoms with Crippen LogP contribution in [0.1, 0.15) is 33.3 Å². The lowest BCUT2D eigenvalue weighted by Crippen LogP contribution is -2.26. The molecule has 1 aromatic rings. The van der Waals surface area contributed by atoms with Crippen LogP contribution in [0.15, 0.2) is 24.3 Å². The first-order valence-electron chi connectivity index (χ1n) is 6.53. The first kappa shape index (κ1) is 14.0. The summed E-state index contributed by atoms with van der Waals surface area (Å²) in [6, 6.07) is 9.18. The van der Waals surface area contributed by atoms with E-state index in [-0.39, 0.29) is 0 Å². The Hall–Kier alpha value is -1.02. The number of rotatable bonds is 6. The summed E-state index contributed by atoms with van der Waals surface area (Å²) in [6.07, 6.45) is 0. The van der Waals surface area contributed by atoms with Crippen LogP contribution in [0.4, 0.5) is 5.69 Å². The molecule has 17 heavy (non-hydrogen) atoms. The summed E-state index contributed by atoms with van der Waals surface area (Å²) in [7, 11) is 2.17. The van der Waals surface area contributed by atoms with Gasteiger partial charge >= 0.3 is 0 Å². The maximum atomic E-state index is 3.48. The summed E-state index contributed by atoms with van der Waals surface area (Å²) in [5.41, 5.74) is 2.72. The highest BCUT2D eigenvalue weighted by Crippen LogP contribution is 2.20. The van der Waals surface area contributed by atoms with Crippen LogP contribution in [-0.2, 0) is 6.54 Å². The fourth-order valence-electron chi connectivity index (χ4n) is 1.99. The van der Waals surface area contributed by atoms with E-state index >= 15 is 0 Å². The second-order valence-electron chi connectivity index (χ2n) is 5.44. The number of nitrogens with one attached hydrogen (secondary N) is 1. The first-order chi connectivity index (χ1) is 8.00. The van der Waals surface area contributed by atoms with Crippen LogP contribution >= 0.6 is 0 Å². The average molecular weight is 234 g/mol. The molecule has 2 nitrogen and oxygen atoms in total. The summed E-state index contributed by atoms with van der Waals surface area (Å²) in [6.45, 7) is 10.9. The van der Waals surface area contributed by atoms with Gasteiger partial charge in [-0.25, -0.2) is 0 Å². The van der Waals surface area contributed by atoms with Crippen molar-refractivity contribution in [3.8, 4) is 0 Å². The van der Waals surface area contributed by atoms with Crippen molar-refractivity contribution in [2.45, 2.75) is 40.3 Å². The van der Waals surface area contributed by atoms with E-state index in [0.29, 0.717) is 12.0 Å². The Morgan fingerprint density at radius 2 is 1.76 bits per heavy atom. The molecule has 96 valence electrons. The van der Waals surface area contributed by atoms with Crippen LogP contribution in [0, 0.1) is 5.92 Å². The summed E-state index contributed by atoms with van der Waals surface area (Å²) in [4.78, 5) is 2.35. The second kappa shape index (κ2) is 6.65. The fraction of sp³-hybridized carbons (Fsp3) is 0.600. The molecule has 0 amide bonds. The minimum atomic E-state index is 0.526. The smallest absolute Gasteiger partial charge is 0.0409 e. The van der Waals surface area contributed by atoms with Crippen LogP contribution in [0.5, 0.6) is 0 Å². The van der Waals surface area contributed by atoms with Gasteiger partial charge in [0.1, 0.15) is 0 Å². The molecule has 1 rings (SSSR count). The van der Waals surface area contributed by atoms with Gasteiger partial charge in [0.15, 0.2) is 0 Å². The average Bonchev–Trinajstić information content (AvgIpc) is 2.25. The van der Waals surface area contributed by atoms with Gasteiger partial charge in [-0.2, -0.15) is 0 Å². The molecule has 0 fully saturated rings. The molecule has 0 aromatic heterocycles. The Kier molecular flexibility index (Phi) is 5.49. The van der Waals surface area contributed by atoms with Crippen LogP contribution in [0.2, 0.25) is 0 Å². The van der Waals surface area contributed by atoms with Gasteiger partial charge in [0, 0.05) is 31.9 Å². The Morgan fingerprint density at radius 3 is 2.35 bits per heavy atom. The van der Waals surface area contributed by atoms with Gasteiger partial charge in [-0.05, 0) is 17.5 Å². The third kappa shape index (κ3) is 4.78. The molecule has 0 radical (unpaired) electrons. The van der Waals surface area contributed by atoms with Crippen LogP contribution < -0.4 is 10.2 Å². The number of anilines is 1. The minimum absolute atomic E-state index is 0.526. The lowest BCUT2D eigenvalue weighted by atomic mass is 10.1. The van der Waals surface area contributed by atoms with E-state index in [2.05, 4.69) is 69.2 Å². The third-order valence-corrected chi connectivity index (χ3v) is 2.74. The number of benzene rings is 1. The SMILES string of the molecule is CC(C)CN(C)c1ccccc1CNC(C)C. The van der Waals surface area contributed by atoms with Crippen molar-refractivity contribution >= 4 is 5.69 Å². The van der Waals surface area contributed by atoms with E-state index in [1.54, 1.807) is 0 Å². The largest absolute Gasteiger partial charge is 0.374 e. The zero-order valence-corrected chi connectivity index (χ0v) is 11.8. The van der Waals surface area contributed by atoms with E-state index in [1.807, 2.05) is 0 Å². The lowest BCUT2D eigenvalue weighted by molar-refractivity contribution is 0.585. The summed E-state index contributed by atoms with van der Waals surface area (Å²) in [5.74, 6) is 0.686.